The van der Waals surface area contributed by atoms with Gasteiger partial charge < -0.3 is 9.84 Å². The lowest BCUT2D eigenvalue weighted by atomic mass is 10.2. The Morgan fingerprint density at radius 2 is 1.55 bits per heavy atom. The first kappa shape index (κ1) is 21.0. The second-order valence-electron chi connectivity index (χ2n) is 6.01. The van der Waals surface area contributed by atoms with Crippen LogP contribution in [0.5, 0.6) is 11.5 Å². The van der Waals surface area contributed by atoms with Crippen LogP contribution in [0.3, 0.4) is 0 Å². The Bertz CT molecular complexity index is 1150. The van der Waals surface area contributed by atoms with Crippen molar-refractivity contribution in [2.45, 2.75) is 5.75 Å². The smallest absolute Gasteiger partial charge is 0.339 e. The number of sulfonamides is 1. The highest BCUT2D eigenvalue weighted by Crippen LogP contribution is 2.38. The van der Waals surface area contributed by atoms with Crippen molar-refractivity contribution in [3.8, 4) is 11.5 Å². The number of carboxylic acid groups (broad SMARTS) is 1. The van der Waals surface area contributed by atoms with Crippen LogP contribution >= 0.6 is 23.2 Å². The van der Waals surface area contributed by atoms with Gasteiger partial charge in [-0.15, -0.1) is 0 Å². The third-order valence-corrected chi connectivity index (χ3v) is 5.79. The van der Waals surface area contributed by atoms with Gasteiger partial charge in [0.2, 0.25) is 10.0 Å². The Hall–Kier alpha value is -2.74. The van der Waals surface area contributed by atoms with Crippen LogP contribution in [0.15, 0.2) is 66.7 Å². The standard InChI is InChI=1S/C20H15Cl2NO5S/c21-15-10-17(23-29(26,27)12-13-6-2-1-3-7-13)19(11-16(15)22)28-18-9-5-4-8-14(18)20(24)25/h1-11,23H,12H2,(H,24,25). The molecule has 0 saturated heterocycles. The van der Waals surface area contributed by atoms with Crippen LogP contribution in [0.1, 0.15) is 15.9 Å². The Morgan fingerprint density at radius 1 is 0.931 bits per heavy atom. The van der Waals surface area contributed by atoms with Crippen LogP contribution in [0, 0.1) is 0 Å². The van der Waals surface area contributed by atoms with Gasteiger partial charge in [0.1, 0.15) is 11.3 Å². The number of anilines is 1. The number of halogens is 2. The molecule has 3 rings (SSSR count). The molecule has 0 aliphatic heterocycles. The molecule has 6 nitrogen and oxygen atoms in total. The van der Waals surface area contributed by atoms with Gasteiger partial charge in [-0.25, -0.2) is 13.2 Å². The average Bonchev–Trinajstić information content (AvgIpc) is 2.66. The molecule has 3 aromatic rings. The van der Waals surface area contributed by atoms with E-state index in [0.29, 0.717) is 5.56 Å². The van der Waals surface area contributed by atoms with Crippen molar-refractivity contribution in [1.82, 2.24) is 0 Å². The minimum Gasteiger partial charge on any atom is -0.478 e. The molecule has 0 spiro atoms. The molecule has 29 heavy (non-hydrogen) atoms. The van der Waals surface area contributed by atoms with Gasteiger partial charge in [0.15, 0.2) is 5.75 Å². The fourth-order valence-electron chi connectivity index (χ4n) is 2.54. The van der Waals surface area contributed by atoms with Gasteiger partial charge in [-0.05, 0) is 23.8 Å². The van der Waals surface area contributed by atoms with Crippen molar-refractivity contribution in [2.24, 2.45) is 0 Å². The fourth-order valence-corrected chi connectivity index (χ4v) is 4.06. The lowest BCUT2D eigenvalue weighted by molar-refractivity contribution is 0.0694. The molecule has 150 valence electrons. The summed E-state index contributed by atoms with van der Waals surface area (Å²) in [6.45, 7) is 0. The van der Waals surface area contributed by atoms with Crippen molar-refractivity contribution in [1.29, 1.82) is 0 Å². The molecule has 0 saturated carbocycles. The number of carboxylic acids is 1. The topological polar surface area (TPSA) is 92.7 Å². The third-order valence-electron chi connectivity index (χ3n) is 3.82. The number of para-hydroxylation sites is 1. The molecule has 0 fully saturated rings. The molecule has 0 aliphatic rings. The zero-order chi connectivity index (χ0) is 21.0. The highest BCUT2D eigenvalue weighted by Gasteiger charge is 2.19. The molecular formula is C20H15Cl2NO5S. The maximum Gasteiger partial charge on any atom is 0.339 e. The van der Waals surface area contributed by atoms with Crippen LogP contribution in [0.2, 0.25) is 10.0 Å². The first-order valence-corrected chi connectivity index (χ1v) is 10.7. The minimum absolute atomic E-state index is 0.0183. The van der Waals surface area contributed by atoms with Crippen molar-refractivity contribution >= 4 is 44.9 Å². The zero-order valence-electron chi connectivity index (χ0n) is 14.8. The summed E-state index contributed by atoms with van der Waals surface area (Å²) in [5, 5.41) is 9.56. The summed E-state index contributed by atoms with van der Waals surface area (Å²) < 4.78 is 33.3. The summed E-state index contributed by atoms with van der Waals surface area (Å²) in [6.07, 6.45) is 0. The number of nitrogens with one attached hydrogen (secondary N) is 1. The Kier molecular flexibility index (Phi) is 6.32. The van der Waals surface area contributed by atoms with E-state index < -0.39 is 16.0 Å². The summed E-state index contributed by atoms with van der Waals surface area (Å²) in [5.74, 6) is -1.40. The fraction of sp³-hybridized carbons (Fsp3) is 0.0500. The molecule has 0 aromatic heterocycles. The van der Waals surface area contributed by atoms with E-state index in [-0.39, 0.29) is 38.5 Å². The van der Waals surface area contributed by atoms with E-state index in [4.69, 9.17) is 27.9 Å². The zero-order valence-corrected chi connectivity index (χ0v) is 17.1. The SMILES string of the molecule is O=C(O)c1ccccc1Oc1cc(Cl)c(Cl)cc1NS(=O)(=O)Cc1ccccc1. The lowest BCUT2D eigenvalue weighted by Crippen LogP contribution is -2.15. The molecule has 0 heterocycles. The second kappa shape index (κ2) is 8.73. The first-order valence-electron chi connectivity index (χ1n) is 8.29. The molecule has 9 heteroatoms. The van der Waals surface area contributed by atoms with Crippen LogP contribution in [-0.2, 0) is 15.8 Å². The molecular weight excluding hydrogens is 437 g/mol. The average molecular weight is 452 g/mol. The maximum absolute atomic E-state index is 12.6. The van der Waals surface area contributed by atoms with Gasteiger partial charge in [0.05, 0.1) is 21.5 Å². The summed E-state index contributed by atoms with van der Waals surface area (Å²) in [5.41, 5.74) is 0.547. The molecule has 0 bridgehead atoms. The second-order valence-corrected chi connectivity index (χ2v) is 8.55. The van der Waals surface area contributed by atoms with E-state index in [1.54, 1.807) is 42.5 Å². The number of rotatable bonds is 7. The normalized spacial score (nSPS) is 11.1. The van der Waals surface area contributed by atoms with Crippen LogP contribution in [0.25, 0.3) is 0 Å². The largest absolute Gasteiger partial charge is 0.478 e. The molecule has 0 atom stereocenters. The molecule has 3 aromatic carbocycles. The number of aromatic carboxylic acids is 1. The quantitative estimate of drug-likeness (QED) is 0.499. The van der Waals surface area contributed by atoms with Crippen LogP contribution in [-0.4, -0.2) is 19.5 Å². The van der Waals surface area contributed by atoms with Gasteiger partial charge in [-0.3, -0.25) is 4.72 Å². The lowest BCUT2D eigenvalue weighted by Gasteiger charge is -2.16. The van der Waals surface area contributed by atoms with E-state index in [1.165, 1.54) is 24.3 Å². The number of hydrogen-bond acceptors (Lipinski definition) is 4. The van der Waals surface area contributed by atoms with E-state index in [2.05, 4.69) is 4.72 Å². The highest BCUT2D eigenvalue weighted by atomic mass is 35.5. The van der Waals surface area contributed by atoms with Crippen molar-refractivity contribution < 1.29 is 23.1 Å². The predicted molar refractivity (Wildman–Crippen MR) is 113 cm³/mol. The first-order chi connectivity index (χ1) is 13.7. The van der Waals surface area contributed by atoms with E-state index >= 15 is 0 Å². The van der Waals surface area contributed by atoms with E-state index in [1.807, 2.05) is 0 Å². The molecule has 0 amide bonds. The monoisotopic (exact) mass is 451 g/mol. The number of carbonyl (C=O) groups is 1. The Balaban J connectivity index is 1.95. The van der Waals surface area contributed by atoms with E-state index in [9.17, 15) is 18.3 Å². The van der Waals surface area contributed by atoms with Crippen molar-refractivity contribution in [3.63, 3.8) is 0 Å². The maximum atomic E-state index is 12.6. The van der Waals surface area contributed by atoms with Crippen molar-refractivity contribution in [2.75, 3.05) is 4.72 Å². The third kappa shape index (κ3) is 5.41. The number of hydrogen-bond donors (Lipinski definition) is 2. The van der Waals surface area contributed by atoms with Crippen LogP contribution in [0.4, 0.5) is 5.69 Å². The van der Waals surface area contributed by atoms with Crippen LogP contribution < -0.4 is 9.46 Å². The van der Waals surface area contributed by atoms with Gasteiger partial charge in [-0.1, -0.05) is 65.7 Å². The summed E-state index contributed by atoms with van der Waals surface area (Å²) in [7, 11) is -3.81. The number of ether oxygens (including phenoxy) is 1. The Morgan fingerprint density at radius 3 is 2.24 bits per heavy atom. The van der Waals surface area contributed by atoms with Gasteiger partial charge >= 0.3 is 5.97 Å². The molecule has 2 N–H and O–H groups in total. The summed E-state index contributed by atoms with van der Waals surface area (Å²) in [6, 6.07) is 17.2. The molecule has 0 radical (unpaired) electrons. The van der Waals surface area contributed by atoms with E-state index in [0.717, 1.165) is 0 Å². The number of benzene rings is 3. The highest BCUT2D eigenvalue weighted by molar-refractivity contribution is 7.91. The van der Waals surface area contributed by atoms with Crippen molar-refractivity contribution in [3.05, 3.63) is 87.9 Å². The summed E-state index contributed by atoms with van der Waals surface area (Å²) >= 11 is 12.1. The van der Waals surface area contributed by atoms with Gasteiger partial charge in [-0.2, -0.15) is 0 Å². The Labute approximate surface area is 177 Å². The molecule has 0 aliphatic carbocycles. The molecule has 0 unspecified atom stereocenters. The predicted octanol–water partition coefficient (Wildman–Crippen LogP) is 5.43. The minimum atomic E-state index is -3.81. The van der Waals surface area contributed by atoms with Gasteiger partial charge in [0, 0.05) is 6.07 Å². The summed E-state index contributed by atoms with van der Waals surface area (Å²) in [4.78, 5) is 11.4. The van der Waals surface area contributed by atoms with Gasteiger partial charge in [0.25, 0.3) is 0 Å².